The summed E-state index contributed by atoms with van der Waals surface area (Å²) in [6.45, 7) is 7.80. The monoisotopic (exact) mass is 330 g/mol. The number of aromatic nitrogens is 1. The average Bonchev–Trinajstić information content (AvgIpc) is 2.55. The third kappa shape index (κ3) is 3.91. The van der Waals surface area contributed by atoms with E-state index >= 15 is 0 Å². The third-order valence-corrected chi connectivity index (χ3v) is 4.14. The van der Waals surface area contributed by atoms with E-state index in [2.05, 4.69) is 10.3 Å². The molecule has 1 N–H and O–H groups in total. The number of nitrogens with zero attached hydrogens (tertiary/aromatic N) is 1. The average molecular weight is 330 g/mol. The Morgan fingerprint density at radius 3 is 2.75 bits per heavy atom. The molecule has 24 heavy (non-hydrogen) atoms. The van der Waals surface area contributed by atoms with Gasteiger partial charge >= 0.3 is 0 Å². The number of rotatable bonds is 5. The molecule has 0 atom stereocenters. The molecular weight excluding hydrogens is 307 g/mol. The predicted octanol–water partition coefficient (Wildman–Crippen LogP) is 3.51. The van der Waals surface area contributed by atoms with Gasteiger partial charge in [0.25, 0.3) is 0 Å². The molecule has 2 heterocycles. The molecule has 0 aliphatic carbocycles. The van der Waals surface area contributed by atoms with Crippen LogP contribution in [-0.2, 0) is 24.3 Å². The first kappa shape index (κ1) is 16.9. The molecule has 4 nitrogen and oxygen atoms in total. The molecule has 0 saturated carbocycles. The number of nitrogens with one attached hydrogen (secondary N) is 1. The van der Waals surface area contributed by atoms with Gasteiger partial charge in [0.05, 0.1) is 12.3 Å². The van der Waals surface area contributed by atoms with Gasteiger partial charge in [-0.25, -0.2) is 4.39 Å². The van der Waals surface area contributed by atoms with Crippen molar-refractivity contribution in [3.8, 4) is 5.75 Å². The molecule has 128 valence electrons. The van der Waals surface area contributed by atoms with Crippen LogP contribution in [0.3, 0.4) is 0 Å². The summed E-state index contributed by atoms with van der Waals surface area (Å²) in [4.78, 5) is 4.44. The molecular formula is C19H23FN2O2. The normalized spacial score (nSPS) is 15.7. The largest absolute Gasteiger partial charge is 0.461 e. The highest BCUT2D eigenvalue weighted by molar-refractivity contribution is 5.42. The number of hydrogen-bond acceptors (Lipinski definition) is 4. The summed E-state index contributed by atoms with van der Waals surface area (Å²) in [6, 6.07) is 6.62. The van der Waals surface area contributed by atoms with E-state index in [1.165, 1.54) is 12.1 Å². The molecule has 0 radical (unpaired) electrons. The molecule has 0 unspecified atom stereocenters. The van der Waals surface area contributed by atoms with Crippen molar-refractivity contribution in [1.29, 1.82) is 0 Å². The molecule has 5 heteroatoms. The van der Waals surface area contributed by atoms with Crippen molar-refractivity contribution in [3.63, 3.8) is 0 Å². The van der Waals surface area contributed by atoms with E-state index in [9.17, 15) is 4.39 Å². The van der Waals surface area contributed by atoms with Crippen LogP contribution in [0.2, 0.25) is 0 Å². The molecule has 1 aromatic heterocycles. The summed E-state index contributed by atoms with van der Waals surface area (Å²) < 4.78 is 24.6. The van der Waals surface area contributed by atoms with E-state index in [4.69, 9.17) is 9.47 Å². The Morgan fingerprint density at radius 2 is 2.00 bits per heavy atom. The number of ether oxygens (including phenoxy) is 2. The Balaban J connectivity index is 1.61. The highest BCUT2D eigenvalue weighted by Gasteiger charge is 2.30. The maximum atomic E-state index is 12.9. The van der Waals surface area contributed by atoms with Gasteiger partial charge in [-0.1, -0.05) is 12.1 Å². The van der Waals surface area contributed by atoms with Gasteiger partial charge in [-0.3, -0.25) is 4.98 Å². The number of hydrogen-bond donors (Lipinski definition) is 1. The van der Waals surface area contributed by atoms with Crippen molar-refractivity contribution in [2.24, 2.45) is 0 Å². The van der Waals surface area contributed by atoms with E-state index in [-0.39, 0.29) is 5.82 Å². The molecule has 0 fully saturated rings. The van der Waals surface area contributed by atoms with Gasteiger partial charge in [0.1, 0.15) is 11.6 Å². The second kappa shape index (κ2) is 6.87. The van der Waals surface area contributed by atoms with Gasteiger partial charge in [0, 0.05) is 32.2 Å². The van der Waals surface area contributed by atoms with E-state index in [1.54, 1.807) is 0 Å². The smallest absolute Gasteiger partial charge is 0.205 e. The first-order valence-corrected chi connectivity index (χ1v) is 8.20. The minimum absolute atomic E-state index is 0.202. The summed E-state index contributed by atoms with van der Waals surface area (Å²) in [5.41, 5.74) is 4.15. The van der Waals surface area contributed by atoms with Crippen molar-refractivity contribution in [2.75, 3.05) is 6.54 Å². The Morgan fingerprint density at radius 1 is 1.25 bits per heavy atom. The molecule has 3 rings (SSSR count). The summed E-state index contributed by atoms with van der Waals surface area (Å²) in [7, 11) is 0. The van der Waals surface area contributed by atoms with Crippen LogP contribution in [0.5, 0.6) is 5.75 Å². The number of halogens is 1. The zero-order chi connectivity index (χ0) is 17.2. The van der Waals surface area contributed by atoms with Crippen LogP contribution >= 0.6 is 0 Å². The van der Waals surface area contributed by atoms with Gasteiger partial charge in [-0.05, 0) is 43.1 Å². The number of fused-ring (bicyclic) bond motifs is 1. The highest BCUT2D eigenvalue weighted by atomic mass is 19.1. The maximum Gasteiger partial charge on any atom is 0.205 e. The second-order valence-electron chi connectivity index (χ2n) is 6.52. The van der Waals surface area contributed by atoms with Crippen molar-refractivity contribution >= 4 is 0 Å². The number of benzene rings is 1. The molecule has 1 aliphatic rings. The summed E-state index contributed by atoms with van der Waals surface area (Å²) in [6.07, 6.45) is 2.73. The van der Waals surface area contributed by atoms with Crippen LogP contribution in [0.25, 0.3) is 0 Å². The lowest BCUT2D eigenvalue weighted by molar-refractivity contribution is -0.180. The topological polar surface area (TPSA) is 43.4 Å². The van der Waals surface area contributed by atoms with Crippen LogP contribution in [0.15, 0.2) is 30.5 Å². The zero-order valence-corrected chi connectivity index (χ0v) is 14.4. The highest BCUT2D eigenvalue weighted by Crippen LogP contribution is 2.34. The van der Waals surface area contributed by atoms with Crippen molar-refractivity contribution < 1.29 is 13.9 Å². The minimum Gasteiger partial charge on any atom is -0.461 e. The maximum absolute atomic E-state index is 12.9. The van der Waals surface area contributed by atoms with E-state index in [0.717, 1.165) is 41.1 Å². The standard InChI is InChI=1S/C19H23FN2O2/c1-13-18-17(12-23-19(2,3)24-18)15(11-22-13)10-21-9-8-14-4-6-16(20)7-5-14/h4-7,11,21H,8-10,12H2,1-3H3. The lowest BCUT2D eigenvalue weighted by Gasteiger charge is -2.34. The summed E-state index contributed by atoms with van der Waals surface area (Å²) in [5, 5.41) is 3.41. The van der Waals surface area contributed by atoms with Crippen LogP contribution < -0.4 is 10.1 Å². The first-order valence-electron chi connectivity index (χ1n) is 8.20. The molecule has 0 saturated heterocycles. The van der Waals surface area contributed by atoms with Gasteiger partial charge in [-0.2, -0.15) is 0 Å². The van der Waals surface area contributed by atoms with Gasteiger partial charge in [-0.15, -0.1) is 0 Å². The van der Waals surface area contributed by atoms with Crippen molar-refractivity contribution in [3.05, 3.63) is 58.7 Å². The van der Waals surface area contributed by atoms with Crippen LogP contribution in [-0.4, -0.2) is 17.3 Å². The van der Waals surface area contributed by atoms with E-state index < -0.39 is 5.79 Å². The van der Waals surface area contributed by atoms with Gasteiger partial charge in [0.15, 0.2) is 0 Å². The Hall–Kier alpha value is -1.98. The van der Waals surface area contributed by atoms with Gasteiger partial charge in [0.2, 0.25) is 5.79 Å². The molecule has 0 bridgehead atoms. The Bertz CT molecular complexity index is 714. The minimum atomic E-state index is -0.617. The number of pyridine rings is 1. The van der Waals surface area contributed by atoms with E-state index in [0.29, 0.717) is 13.2 Å². The van der Waals surface area contributed by atoms with Crippen molar-refractivity contribution in [2.45, 2.75) is 46.1 Å². The SMILES string of the molecule is Cc1ncc(CNCCc2ccc(F)cc2)c2c1OC(C)(C)OC2. The summed E-state index contributed by atoms with van der Waals surface area (Å²) >= 11 is 0. The fraction of sp³-hybridized carbons (Fsp3) is 0.421. The zero-order valence-electron chi connectivity index (χ0n) is 14.4. The Labute approximate surface area is 142 Å². The predicted molar refractivity (Wildman–Crippen MR) is 90.3 cm³/mol. The first-order chi connectivity index (χ1) is 11.4. The van der Waals surface area contributed by atoms with Crippen LogP contribution in [0, 0.1) is 12.7 Å². The number of aryl methyl sites for hydroxylation is 1. The third-order valence-electron chi connectivity index (χ3n) is 4.14. The van der Waals surface area contributed by atoms with Crippen LogP contribution in [0.4, 0.5) is 4.39 Å². The van der Waals surface area contributed by atoms with Gasteiger partial charge < -0.3 is 14.8 Å². The molecule has 2 aromatic rings. The lowest BCUT2D eigenvalue weighted by atomic mass is 10.1. The molecule has 1 aromatic carbocycles. The molecule has 0 spiro atoms. The second-order valence-corrected chi connectivity index (χ2v) is 6.52. The lowest BCUT2D eigenvalue weighted by Crippen LogP contribution is -2.36. The fourth-order valence-corrected chi connectivity index (χ4v) is 2.75. The molecule has 0 amide bonds. The summed E-state index contributed by atoms with van der Waals surface area (Å²) in [5.74, 6) is 0.0183. The van der Waals surface area contributed by atoms with Crippen molar-refractivity contribution in [1.82, 2.24) is 10.3 Å². The molecule has 1 aliphatic heterocycles. The fourth-order valence-electron chi connectivity index (χ4n) is 2.75. The van der Waals surface area contributed by atoms with E-state index in [1.807, 2.05) is 39.1 Å². The van der Waals surface area contributed by atoms with Crippen LogP contribution in [0.1, 0.15) is 36.2 Å². The quantitative estimate of drug-likeness (QED) is 0.852. The Kier molecular flexibility index (Phi) is 4.83.